The van der Waals surface area contributed by atoms with Crippen molar-refractivity contribution in [1.29, 1.82) is 0 Å². The molecule has 0 unspecified atom stereocenters. The minimum absolute atomic E-state index is 0. The normalized spacial score (nSPS) is 12.3. The summed E-state index contributed by atoms with van der Waals surface area (Å²) in [6.45, 7) is 0. The number of benzene rings is 5. The maximum Gasteiger partial charge on any atom is 2.00 e. The molecule has 5 rings (SSSR count). The molecule has 5 aromatic carbocycles. The molecule has 0 saturated heterocycles. The van der Waals surface area contributed by atoms with E-state index in [2.05, 4.69) is 104 Å². The van der Waals surface area contributed by atoms with E-state index in [4.69, 9.17) is 31.0 Å². The monoisotopic (exact) mass is 828 g/mol. The summed E-state index contributed by atoms with van der Waals surface area (Å²) in [7, 11) is -0.559. The van der Waals surface area contributed by atoms with Crippen LogP contribution in [0.15, 0.2) is 166 Å². The Kier molecular flexibility index (Phi) is 15.9. The van der Waals surface area contributed by atoms with Crippen molar-refractivity contribution in [1.82, 2.24) is 10.6 Å². The van der Waals surface area contributed by atoms with Gasteiger partial charge in [0, 0.05) is 28.9 Å². The van der Waals surface area contributed by atoms with Crippen LogP contribution in [0, 0.1) is 0 Å². The molecule has 0 saturated carbocycles. The van der Waals surface area contributed by atoms with Crippen LogP contribution in [-0.2, 0) is 42.3 Å². The van der Waals surface area contributed by atoms with Crippen molar-refractivity contribution in [3.8, 4) is 0 Å². The quantitative estimate of drug-likeness (QED) is 0.0466. The molecule has 0 atom stereocenters. The van der Waals surface area contributed by atoms with Gasteiger partial charge in [-0.3, -0.25) is 4.79 Å². The number of nitrogens with two attached hydrogens (primary N) is 1. The number of hydrogen-bond donors (Lipinski definition) is 3. The third-order valence-corrected chi connectivity index (χ3v) is 12.2. The largest absolute Gasteiger partial charge is 2.00 e. The Labute approximate surface area is 325 Å². The van der Waals surface area contributed by atoms with E-state index in [1.807, 2.05) is 48.5 Å². The summed E-state index contributed by atoms with van der Waals surface area (Å²) in [6, 6.07) is 47.7. The van der Waals surface area contributed by atoms with Crippen LogP contribution in [0.1, 0.15) is 21.5 Å². The molecule has 4 N–H and O–H groups in total. The molecule has 1 radical (unpaired) electrons. The Hall–Kier alpha value is -4.28. The van der Waals surface area contributed by atoms with Crippen LogP contribution in [0.5, 0.6) is 0 Å². The van der Waals surface area contributed by atoms with Crippen molar-refractivity contribution >= 4 is 76.1 Å². The summed E-state index contributed by atoms with van der Waals surface area (Å²) in [5, 5.41) is 28.1. The Morgan fingerprint density at radius 2 is 0.940 bits per heavy atom. The molecule has 0 fully saturated rings. The van der Waals surface area contributed by atoms with Crippen LogP contribution >= 0.6 is 7.26 Å². The first-order valence-electron chi connectivity index (χ1n) is 15.0. The predicted octanol–water partition coefficient (Wildman–Crippen LogP) is 1.46. The number of nitrogens with zero attached hydrogens (tertiary/aromatic N) is 4. The zero-order chi connectivity index (χ0) is 33.8. The van der Waals surface area contributed by atoms with Crippen LogP contribution in [0.4, 0.5) is 0 Å². The molecule has 13 heteroatoms. The van der Waals surface area contributed by atoms with E-state index in [0.29, 0.717) is 28.8 Å². The number of amides is 1. The third kappa shape index (κ3) is 9.91. The molecular formula is C37H33BrCuN7OPS2. The predicted molar refractivity (Wildman–Crippen MR) is 206 cm³/mol. The minimum Gasteiger partial charge on any atom is -1.00 e. The molecule has 0 heterocycles. The molecule has 0 aromatic heterocycles. The summed E-state index contributed by atoms with van der Waals surface area (Å²) < 4.78 is 0. The van der Waals surface area contributed by atoms with Crippen molar-refractivity contribution in [2.24, 2.45) is 26.1 Å². The van der Waals surface area contributed by atoms with Crippen molar-refractivity contribution in [3.05, 3.63) is 162 Å². The van der Waals surface area contributed by atoms with Gasteiger partial charge in [-0.15, -0.1) is 10.2 Å². The molecule has 50 heavy (non-hydrogen) atoms. The number of hydrogen-bond acceptors (Lipinski definition) is 7. The number of amidine groups is 2. The van der Waals surface area contributed by atoms with Gasteiger partial charge in [0.15, 0.2) is 0 Å². The van der Waals surface area contributed by atoms with Gasteiger partial charge in [0.25, 0.3) is 0 Å². The van der Waals surface area contributed by atoms with Crippen LogP contribution in [0.2, 0.25) is 0 Å². The second kappa shape index (κ2) is 19.8. The van der Waals surface area contributed by atoms with E-state index in [0.717, 1.165) is 5.56 Å². The van der Waals surface area contributed by atoms with Crippen molar-refractivity contribution in [2.75, 3.05) is 13.3 Å². The zero-order valence-electron chi connectivity index (χ0n) is 26.8. The molecule has 0 aliphatic rings. The second-order valence-electron chi connectivity index (χ2n) is 10.4. The number of halogens is 1. The first-order chi connectivity index (χ1) is 23.4. The van der Waals surface area contributed by atoms with E-state index in [-0.39, 0.29) is 44.4 Å². The van der Waals surface area contributed by atoms with Crippen LogP contribution < -0.4 is 49.3 Å². The van der Waals surface area contributed by atoms with Crippen molar-refractivity contribution in [2.45, 2.75) is 0 Å². The van der Waals surface area contributed by atoms with E-state index in [9.17, 15) is 4.79 Å². The third-order valence-electron chi connectivity index (χ3n) is 7.47. The van der Waals surface area contributed by atoms with Gasteiger partial charge in [0.05, 0.1) is 0 Å². The fourth-order valence-electron chi connectivity index (χ4n) is 5.10. The number of carbonyl (C=O) groups is 1. The Bertz CT molecular complexity index is 1850. The van der Waals surface area contributed by atoms with E-state index < -0.39 is 13.2 Å². The van der Waals surface area contributed by atoms with Gasteiger partial charge in [-0.2, -0.15) is 10.2 Å². The maximum atomic E-state index is 11.8. The first-order valence-corrected chi connectivity index (χ1v) is 17.8. The molecule has 0 bridgehead atoms. The van der Waals surface area contributed by atoms with Crippen LogP contribution in [0.25, 0.3) is 0 Å². The van der Waals surface area contributed by atoms with Gasteiger partial charge in [0.1, 0.15) is 40.9 Å². The Morgan fingerprint density at radius 1 is 0.580 bits per heavy atom. The molecule has 0 aliphatic heterocycles. The molecule has 0 aliphatic carbocycles. The molecule has 0 spiro atoms. The minimum atomic E-state index is -2.22. The number of primary amides is 1. The van der Waals surface area contributed by atoms with Gasteiger partial charge >= 0.3 is 17.1 Å². The SMILES string of the molecule is CNC([S-])=NN=C(C(=NN=C([S-])NC[P+](c1ccccc1)(c1ccccc1)c1ccccc1)c1ccccc1)c1ccc(C(N)=O)cc1.[Br-].[Cu+2]. The molecule has 8 nitrogen and oxygen atoms in total. The summed E-state index contributed by atoms with van der Waals surface area (Å²) in [5.41, 5.74) is 7.98. The Balaban J connectivity index is 0.00000338. The standard InChI is InChI=1S/C37H34N7OPS2.BrH.Cu/c1-39-36(47)43-41-34(28-22-24-29(25-23-28)35(38)45)33(27-14-6-2-7-15-27)42-44-37(48)40-26-46(30-16-8-3-9-17-30,31-18-10-4-11-19-31)32-20-12-5-13-21-32;;/h2-25H,26H2,1H3,(H5-,38,39,40,41,42,43,44,45,47,48);1H;/q;;+2/p-2. The van der Waals surface area contributed by atoms with Gasteiger partial charge in [-0.1, -0.05) is 97.1 Å². The fourth-order valence-corrected chi connectivity index (χ4v) is 9.24. The average Bonchev–Trinajstić information content (AvgIpc) is 3.14. The second-order valence-corrected chi connectivity index (χ2v) is 14.7. The summed E-state index contributed by atoms with van der Waals surface area (Å²) in [4.78, 5) is 11.8. The molecule has 5 aromatic rings. The number of nitrogens with one attached hydrogen (secondary N) is 2. The zero-order valence-corrected chi connectivity index (χ0v) is 31.8. The summed E-state index contributed by atoms with van der Waals surface area (Å²) >= 11 is 11.0. The molecule has 1 amide bonds. The Morgan fingerprint density at radius 3 is 1.34 bits per heavy atom. The molecular weight excluding hydrogens is 797 g/mol. The number of carbonyl (C=O) groups excluding carboxylic acids is 1. The van der Waals surface area contributed by atoms with Crippen molar-refractivity contribution in [3.63, 3.8) is 0 Å². The summed E-state index contributed by atoms with van der Waals surface area (Å²) in [5.74, 6) is -0.537. The summed E-state index contributed by atoms with van der Waals surface area (Å²) in [6.07, 6.45) is 0.519. The topological polar surface area (TPSA) is 117 Å². The van der Waals surface area contributed by atoms with Gasteiger partial charge in [-0.05, 0) is 53.7 Å². The van der Waals surface area contributed by atoms with Crippen LogP contribution in [0.3, 0.4) is 0 Å². The van der Waals surface area contributed by atoms with E-state index >= 15 is 0 Å². The van der Waals surface area contributed by atoms with Gasteiger partial charge in [-0.25, -0.2) is 0 Å². The van der Waals surface area contributed by atoms with Crippen molar-refractivity contribution < 1.29 is 38.8 Å². The van der Waals surface area contributed by atoms with E-state index in [1.165, 1.54) is 15.9 Å². The maximum absolute atomic E-state index is 11.8. The van der Waals surface area contributed by atoms with Gasteiger partial charge in [0.2, 0.25) is 5.91 Å². The average molecular weight is 830 g/mol. The van der Waals surface area contributed by atoms with Gasteiger partial charge < -0.3 is 58.6 Å². The van der Waals surface area contributed by atoms with E-state index in [1.54, 1.807) is 31.3 Å². The fraction of sp³-hybridized carbons (Fsp3) is 0.0541. The number of rotatable bonds is 11. The first kappa shape index (κ1) is 40.2. The van der Waals surface area contributed by atoms with Crippen LogP contribution in [-0.4, -0.2) is 41.0 Å². The molecule has 257 valence electrons. The smallest absolute Gasteiger partial charge is 1.00 e.